The summed E-state index contributed by atoms with van der Waals surface area (Å²) in [5.74, 6) is 1.38. The molecular weight excluding hydrogens is 174 g/mol. The van der Waals surface area contributed by atoms with Crippen LogP contribution in [0.2, 0.25) is 0 Å². The van der Waals surface area contributed by atoms with Gasteiger partial charge in [-0.3, -0.25) is 4.79 Å². The molecule has 2 atom stereocenters. The van der Waals surface area contributed by atoms with Crippen LogP contribution in [-0.4, -0.2) is 12.5 Å². The topological polar surface area (TPSA) is 29.1 Å². The minimum Gasteiger partial charge on any atom is -0.356 e. The van der Waals surface area contributed by atoms with Crippen molar-refractivity contribution in [2.75, 3.05) is 6.54 Å². The third-order valence-electron chi connectivity index (χ3n) is 3.32. The van der Waals surface area contributed by atoms with Gasteiger partial charge in [0.15, 0.2) is 0 Å². The van der Waals surface area contributed by atoms with Gasteiger partial charge >= 0.3 is 0 Å². The molecule has 0 aromatic rings. The fourth-order valence-electron chi connectivity index (χ4n) is 2.25. The number of carbonyl (C=O) groups is 1. The van der Waals surface area contributed by atoms with E-state index >= 15 is 0 Å². The van der Waals surface area contributed by atoms with Gasteiger partial charge in [-0.25, -0.2) is 0 Å². The Bertz CT molecular complexity index is 179. The summed E-state index contributed by atoms with van der Waals surface area (Å²) in [6.45, 7) is 5.37. The van der Waals surface area contributed by atoms with Crippen LogP contribution in [0.1, 0.15) is 52.4 Å². The third kappa shape index (κ3) is 3.32. The Hall–Kier alpha value is -0.530. The zero-order chi connectivity index (χ0) is 10.4. The minimum atomic E-state index is 0.292. The van der Waals surface area contributed by atoms with E-state index in [0.717, 1.165) is 25.3 Å². The summed E-state index contributed by atoms with van der Waals surface area (Å²) in [4.78, 5) is 11.4. The van der Waals surface area contributed by atoms with Gasteiger partial charge in [-0.2, -0.15) is 0 Å². The quantitative estimate of drug-likeness (QED) is 0.697. The predicted molar refractivity (Wildman–Crippen MR) is 59.0 cm³/mol. The lowest BCUT2D eigenvalue weighted by Gasteiger charge is -2.17. The molecule has 1 heterocycles. The highest BCUT2D eigenvalue weighted by Gasteiger charge is 2.26. The molecule has 1 N–H and O–H groups in total. The highest BCUT2D eigenvalue weighted by molar-refractivity contribution is 5.80. The van der Waals surface area contributed by atoms with E-state index in [2.05, 4.69) is 19.2 Å². The molecule has 0 aliphatic carbocycles. The maximum Gasteiger partial charge on any atom is 0.223 e. The summed E-state index contributed by atoms with van der Waals surface area (Å²) in [7, 11) is 0. The first-order chi connectivity index (χ1) is 6.77. The molecule has 0 spiro atoms. The van der Waals surface area contributed by atoms with Crippen molar-refractivity contribution in [2.24, 2.45) is 11.8 Å². The van der Waals surface area contributed by atoms with Crippen molar-refractivity contribution < 1.29 is 4.79 Å². The summed E-state index contributed by atoms with van der Waals surface area (Å²) >= 11 is 0. The molecule has 2 heteroatoms. The number of nitrogens with one attached hydrogen (secondary N) is 1. The van der Waals surface area contributed by atoms with E-state index in [0.29, 0.717) is 11.8 Å². The summed E-state index contributed by atoms with van der Waals surface area (Å²) in [5.41, 5.74) is 0. The highest BCUT2D eigenvalue weighted by Crippen LogP contribution is 2.25. The van der Waals surface area contributed by atoms with Gasteiger partial charge < -0.3 is 5.32 Å². The molecule has 2 nitrogen and oxygen atoms in total. The molecule has 0 aromatic heterocycles. The number of unbranched alkanes of at least 4 members (excludes halogenated alkanes) is 1. The normalized spacial score (nSPS) is 23.6. The fraction of sp³-hybridized carbons (Fsp3) is 0.917. The zero-order valence-corrected chi connectivity index (χ0v) is 9.51. The van der Waals surface area contributed by atoms with Crippen LogP contribution in [0.25, 0.3) is 0 Å². The second-order valence-electron chi connectivity index (χ2n) is 4.43. The average Bonchev–Trinajstić information content (AvgIpc) is 2.59. The van der Waals surface area contributed by atoms with Gasteiger partial charge in [-0.15, -0.1) is 0 Å². The molecule has 82 valence electrons. The lowest BCUT2D eigenvalue weighted by atomic mass is 9.88. The first-order valence-corrected chi connectivity index (χ1v) is 6.05. The van der Waals surface area contributed by atoms with Crippen LogP contribution in [0.15, 0.2) is 0 Å². The van der Waals surface area contributed by atoms with Gasteiger partial charge in [0.05, 0.1) is 0 Å². The monoisotopic (exact) mass is 197 g/mol. The molecule has 1 amide bonds. The molecule has 0 bridgehead atoms. The molecule has 1 aliphatic heterocycles. The molecule has 1 fully saturated rings. The van der Waals surface area contributed by atoms with Gasteiger partial charge in [-0.1, -0.05) is 39.5 Å². The lowest BCUT2D eigenvalue weighted by molar-refractivity contribution is -0.122. The van der Waals surface area contributed by atoms with E-state index in [9.17, 15) is 4.79 Å². The second kappa shape index (κ2) is 6.05. The molecule has 14 heavy (non-hydrogen) atoms. The largest absolute Gasteiger partial charge is 0.356 e. The molecule has 0 saturated carbocycles. The maximum atomic E-state index is 11.4. The van der Waals surface area contributed by atoms with E-state index in [1.165, 1.54) is 25.7 Å². The Morgan fingerprint density at radius 3 is 2.79 bits per heavy atom. The van der Waals surface area contributed by atoms with Crippen molar-refractivity contribution in [3.8, 4) is 0 Å². The molecular formula is C12H23NO. The first-order valence-electron chi connectivity index (χ1n) is 6.05. The Balaban J connectivity index is 2.28. The van der Waals surface area contributed by atoms with E-state index < -0.39 is 0 Å². The Labute approximate surface area is 87.5 Å². The maximum absolute atomic E-state index is 11.4. The molecule has 2 unspecified atom stereocenters. The zero-order valence-electron chi connectivity index (χ0n) is 9.51. The van der Waals surface area contributed by atoms with Gasteiger partial charge in [0.2, 0.25) is 5.91 Å². The van der Waals surface area contributed by atoms with Crippen LogP contribution in [0.5, 0.6) is 0 Å². The van der Waals surface area contributed by atoms with E-state index in [4.69, 9.17) is 0 Å². The Morgan fingerprint density at radius 2 is 2.29 bits per heavy atom. The van der Waals surface area contributed by atoms with Gasteiger partial charge in [0.1, 0.15) is 0 Å². The summed E-state index contributed by atoms with van der Waals surface area (Å²) < 4.78 is 0. The van der Waals surface area contributed by atoms with Gasteiger partial charge in [0, 0.05) is 12.5 Å². The second-order valence-corrected chi connectivity index (χ2v) is 4.43. The summed E-state index contributed by atoms with van der Waals surface area (Å²) in [5, 5.41) is 2.92. The van der Waals surface area contributed by atoms with Crippen LogP contribution < -0.4 is 5.32 Å². The van der Waals surface area contributed by atoms with Gasteiger partial charge in [-0.05, 0) is 18.8 Å². The van der Waals surface area contributed by atoms with Crippen molar-refractivity contribution in [2.45, 2.75) is 52.4 Å². The number of hydrogen-bond donors (Lipinski definition) is 1. The predicted octanol–water partition coefficient (Wildman–Crippen LogP) is 2.73. The number of carbonyl (C=O) groups excluding carboxylic acids is 1. The van der Waals surface area contributed by atoms with Crippen LogP contribution >= 0.6 is 0 Å². The van der Waals surface area contributed by atoms with Crippen molar-refractivity contribution in [3.63, 3.8) is 0 Å². The SMILES string of the molecule is CCCCC(CC)CC1CCNC1=O. The van der Waals surface area contributed by atoms with Crippen molar-refractivity contribution in [1.29, 1.82) is 0 Å². The fourth-order valence-corrected chi connectivity index (χ4v) is 2.25. The number of hydrogen-bond acceptors (Lipinski definition) is 1. The minimum absolute atomic E-state index is 0.292. The Kier molecular flexibility index (Phi) is 4.99. The van der Waals surface area contributed by atoms with Gasteiger partial charge in [0.25, 0.3) is 0 Å². The van der Waals surface area contributed by atoms with Crippen LogP contribution in [0.4, 0.5) is 0 Å². The molecule has 0 aromatic carbocycles. The lowest BCUT2D eigenvalue weighted by Crippen LogP contribution is -2.21. The smallest absolute Gasteiger partial charge is 0.223 e. The first kappa shape index (κ1) is 11.5. The van der Waals surface area contributed by atoms with Crippen LogP contribution in [0, 0.1) is 11.8 Å². The van der Waals surface area contributed by atoms with Crippen molar-refractivity contribution >= 4 is 5.91 Å². The summed E-state index contributed by atoms with van der Waals surface area (Å²) in [6, 6.07) is 0. The molecule has 1 rings (SSSR count). The average molecular weight is 197 g/mol. The van der Waals surface area contributed by atoms with Crippen LogP contribution in [-0.2, 0) is 4.79 Å². The standard InChI is InChI=1S/C12H23NO/c1-3-5-6-10(4-2)9-11-7-8-13-12(11)14/h10-11H,3-9H2,1-2H3,(H,13,14). The van der Waals surface area contributed by atoms with E-state index in [1.54, 1.807) is 0 Å². The summed E-state index contributed by atoms with van der Waals surface area (Å²) in [6.07, 6.45) is 7.28. The van der Waals surface area contributed by atoms with E-state index in [1.807, 2.05) is 0 Å². The van der Waals surface area contributed by atoms with Crippen molar-refractivity contribution in [3.05, 3.63) is 0 Å². The van der Waals surface area contributed by atoms with Crippen LogP contribution in [0.3, 0.4) is 0 Å². The highest BCUT2D eigenvalue weighted by atomic mass is 16.2. The number of amides is 1. The van der Waals surface area contributed by atoms with Crippen molar-refractivity contribution in [1.82, 2.24) is 5.32 Å². The number of rotatable bonds is 6. The molecule has 1 saturated heterocycles. The third-order valence-corrected chi connectivity index (χ3v) is 3.32. The molecule has 1 aliphatic rings. The Morgan fingerprint density at radius 1 is 1.50 bits per heavy atom. The van der Waals surface area contributed by atoms with E-state index in [-0.39, 0.29) is 0 Å². The molecule has 0 radical (unpaired) electrons.